The average molecular weight is 357 g/mol. The molecule has 1 N–H and O–H groups in total. The van der Waals surface area contributed by atoms with Crippen LogP contribution in [0.15, 0.2) is 24.3 Å². The molecule has 0 radical (unpaired) electrons. The fourth-order valence-corrected chi connectivity index (χ4v) is 3.69. The van der Waals surface area contributed by atoms with Gasteiger partial charge in [-0.05, 0) is 37.1 Å². The number of benzene rings is 1. The van der Waals surface area contributed by atoms with E-state index in [0.29, 0.717) is 37.3 Å². The van der Waals surface area contributed by atoms with Crippen molar-refractivity contribution in [3.63, 3.8) is 0 Å². The van der Waals surface area contributed by atoms with E-state index in [-0.39, 0.29) is 23.8 Å². The first-order valence-corrected chi connectivity index (χ1v) is 9.50. The second-order valence-corrected chi connectivity index (χ2v) is 7.18. The molecule has 2 aliphatic rings. The smallest absolute Gasteiger partial charge is 0.253 e. The molecule has 1 aliphatic heterocycles. The highest BCUT2D eigenvalue weighted by Crippen LogP contribution is 2.18. The summed E-state index contributed by atoms with van der Waals surface area (Å²) < 4.78 is 0. The van der Waals surface area contributed by atoms with E-state index in [1.807, 2.05) is 0 Å². The zero-order valence-electron chi connectivity index (χ0n) is 15.4. The Kier molecular flexibility index (Phi) is 5.91. The molecule has 0 bridgehead atoms. The summed E-state index contributed by atoms with van der Waals surface area (Å²) in [6, 6.07) is 7.15. The molecule has 140 valence electrons. The second kappa shape index (κ2) is 8.34. The van der Waals surface area contributed by atoms with Crippen molar-refractivity contribution in [2.24, 2.45) is 0 Å². The first kappa shape index (κ1) is 18.4. The third-order valence-electron chi connectivity index (χ3n) is 5.35. The highest BCUT2D eigenvalue weighted by atomic mass is 16.2. The molecular weight excluding hydrogens is 330 g/mol. The summed E-state index contributed by atoms with van der Waals surface area (Å²) in [4.78, 5) is 39.8. The van der Waals surface area contributed by atoms with E-state index in [9.17, 15) is 14.4 Å². The lowest BCUT2D eigenvalue weighted by atomic mass is 9.95. The highest BCUT2D eigenvalue weighted by molar-refractivity contribution is 5.98. The largest absolute Gasteiger partial charge is 0.349 e. The van der Waals surface area contributed by atoms with Crippen LogP contribution in [-0.4, -0.2) is 59.7 Å². The Morgan fingerprint density at radius 2 is 1.38 bits per heavy atom. The second-order valence-electron chi connectivity index (χ2n) is 7.18. The molecule has 26 heavy (non-hydrogen) atoms. The Balaban J connectivity index is 1.56. The first-order valence-electron chi connectivity index (χ1n) is 9.50. The van der Waals surface area contributed by atoms with Crippen LogP contribution in [0.1, 0.15) is 59.7 Å². The summed E-state index contributed by atoms with van der Waals surface area (Å²) in [5, 5.41) is 3.09. The van der Waals surface area contributed by atoms with Gasteiger partial charge in [0.15, 0.2) is 0 Å². The van der Waals surface area contributed by atoms with E-state index in [2.05, 4.69) is 5.32 Å². The molecule has 1 heterocycles. The molecule has 1 saturated carbocycles. The molecule has 6 heteroatoms. The van der Waals surface area contributed by atoms with Gasteiger partial charge in [-0.3, -0.25) is 14.4 Å². The van der Waals surface area contributed by atoms with Crippen molar-refractivity contribution >= 4 is 17.7 Å². The Hall–Kier alpha value is -2.37. The molecule has 1 aromatic carbocycles. The quantitative estimate of drug-likeness (QED) is 0.900. The summed E-state index contributed by atoms with van der Waals surface area (Å²) in [6.45, 7) is 3.78. The average Bonchev–Trinajstić information content (AvgIpc) is 2.68. The van der Waals surface area contributed by atoms with Crippen LogP contribution in [0.4, 0.5) is 0 Å². The van der Waals surface area contributed by atoms with E-state index >= 15 is 0 Å². The fourth-order valence-electron chi connectivity index (χ4n) is 3.69. The van der Waals surface area contributed by atoms with Crippen LogP contribution in [0.25, 0.3) is 0 Å². The van der Waals surface area contributed by atoms with Crippen molar-refractivity contribution in [1.82, 2.24) is 15.1 Å². The summed E-state index contributed by atoms with van der Waals surface area (Å²) in [7, 11) is 0. The summed E-state index contributed by atoms with van der Waals surface area (Å²) >= 11 is 0. The molecule has 3 amide bonds. The van der Waals surface area contributed by atoms with Crippen molar-refractivity contribution in [3.05, 3.63) is 35.4 Å². The maximum atomic E-state index is 12.6. The van der Waals surface area contributed by atoms with Crippen molar-refractivity contribution < 1.29 is 14.4 Å². The Morgan fingerprint density at radius 3 is 1.96 bits per heavy atom. The molecule has 0 atom stereocenters. The lowest BCUT2D eigenvalue weighted by Gasteiger charge is -2.34. The Bertz CT molecular complexity index is 657. The van der Waals surface area contributed by atoms with Crippen molar-refractivity contribution in [3.8, 4) is 0 Å². The number of nitrogens with one attached hydrogen (secondary N) is 1. The summed E-state index contributed by atoms with van der Waals surface area (Å²) in [5.74, 6) is -0.0659. The Morgan fingerprint density at radius 1 is 0.846 bits per heavy atom. The lowest BCUT2D eigenvalue weighted by molar-refractivity contribution is -0.130. The highest BCUT2D eigenvalue weighted by Gasteiger charge is 2.23. The van der Waals surface area contributed by atoms with Crippen LogP contribution < -0.4 is 5.32 Å². The van der Waals surface area contributed by atoms with Gasteiger partial charge in [0.05, 0.1) is 0 Å². The van der Waals surface area contributed by atoms with Gasteiger partial charge in [-0.25, -0.2) is 0 Å². The lowest BCUT2D eigenvalue weighted by Crippen LogP contribution is -2.50. The van der Waals surface area contributed by atoms with Crippen molar-refractivity contribution in [2.75, 3.05) is 26.2 Å². The maximum absolute atomic E-state index is 12.6. The SMILES string of the molecule is CC(=O)N1CCN(C(=O)c2ccc(C(=O)NC3CCCCC3)cc2)CC1. The molecule has 0 unspecified atom stereocenters. The van der Waals surface area contributed by atoms with Crippen LogP contribution in [-0.2, 0) is 4.79 Å². The third-order valence-corrected chi connectivity index (χ3v) is 5.35. The number of nitrogens with zero attached hydrogens (tertiary/aromatic N) is 2. The molecule has 0 spiro atoms. The molecule has 1 aromatic rings. The zero-order chi connectivity index (χ0) is 18.5. The minimum absolute atomic E-state index is 0.0467. The number of piperazine rings is 1. The molecule has 6 nitrogen and oxygen atoms in total. The van der Waals surface area contributed by atoms with E-state index in [0.717, 1.165) is 12.8 Å². The van der Waals surface area contributed by atoms with Crippen LogP contribution in [0.5, 0.6) is 0 Å². The molecule has 1 aliphatic carbocycles. The van der Waals surface area contributed by atoms with Crippen LogP contribution in [0, 0.1) is 0 Å². The van der Waals surface area contributed by atoms with Gasteiger partial charge in [0.1, 0.15) is 0 Å². The molecule has 3 rings (SSSR count). The molecule has 0 aromatic heterocycles. The molecular formula is C20H27N3O3. The fraction of sp³-hybridized carbons (Fsp3) is 0.550. The van der Waals surface area contributed by atoms with Gasteiger partial charge in [-0.15, -0.1) is 0 Å². The number of amides is 3. The number of hydrogen-bond acceptors (Lipinski definition) is 3. The van der Waals surface area contributed by atoms with E-state index in [1.54, 1.807) is 41.0 Å². The van der Waals surface area contributed by atoms with E-state index in [1.165, 1.54) is 19.3 Å². The zero-order valence-corrected chi connectivity index (χ0v) is 15.4. The monoisotopic (exact) mass is 357 g/mol. The topological polar surface area (TPSA) is 69.7 Å². The summed E-state index contributed by atoms with van der Waals surface area (Å²) in [6.07, 6.45) is 5.71. The van der Waals surface area contributed by atoms with Crippen LogP contribution in [0.3, 0.4) is 0 Å². The maximum Gasteiger partial charge on any atom is 0.253 e. The number of carbonyl (C=O) groups excluding carboxylic acids is 3. The van der Waals surface area contributed by atoms with E-state index < -0.39 is 0 Å². The van der Waals surface area contributed by atoms with Gasteiger partial charge in [-0.1, -0.05) is 19.3 Å². The minimum atomic E-state index is -0.0639. The number of hydrogen-bond donors (Lipinski definition) is 1. The standard InChI is InChI=1S/C20H27N3O3/c1-15(24)22-11-13-23(14-12-22)20(26)17-9-7-16(8-10-17)19(25)21-18-5-3-2-4-6-18/h7-10,18H,2-6,11-14H2,1H3,(H,21,25). The van der Waals surface area contributed by atoms with E-state index in [4.69, 9.17) is 0 Å². The normalized spacial score (nSPS) is 18.5. The number of rotatable bonds is 3. The summed E-state index contributed by atoms with van der Waals surface area (Å²) in [5.41, 5.74) is 1.17. The number of carbonyl (C=O) groups is 3. The minimum Gasteiger partial charge on any atom is -0.349 e. The predicted octanol–water partition coefficient (Wildman–Crippen LogP) is 2.05. The molecule has 2 fully saturated rings. The van der Waals surface area contributed by atoms with Gasteiger partial charge in [-0.2, -0.15) is 0 Å². The van der Waals surface area contributed by atoms with Gasteiger partial charge >= 0.3 is 0 Å². The Labute approximate surface area is 154 Å². The van der Waals surface area contributed by atoms with Crippen molar-refractivity contribution in [2.45, 2.75) is 45.1 Å². The van der Waals surface area contributed by atoms with Gasteiger partial charge in [0.2, 0.25) is 5.91 Å². The first-order chi connectivity index (χ1) is 12.5. The predicted molar refractivity (Wildman–Crippen MR) is 98.9 cm³/mol. The van der Waals surface area contributed by atoms with Gasteiger partial charge < -0.3 is 15.1 Å². The third kappa shape index (κ3) is 4.42. The van der Waals surface area contributed by atoms with Gasteiger partial charge in [0.25, 0.3) is 11.8 Å². The van der Waals surface area contributed by atoms with Crippen LogP contribution >= 0.6 is 0 Å². The molecule has 1 saturated heterocycles. The van der Waals surface area contributed by atoms with Gasteiger partial charge in [0, 0.05) is 50.3 Å². The van der Waals surface area contributed by atoms with Crippen LogP contribution in [0.2, 0.25) is 0 Å². The van der Waals surface area contributed by atoms with Crippen molar-refractivity contribution in [1.29, 1.82) is 0 Å².